The van der Waals surface area contributed by atoms with Gasteiger partial charge in [0, 0.05) is 22.6 Å². The quantitative estimate of drug-likeness (QED) is 0.389. The van der Waals surface area contributed by atoms with Crippen LogP contribution in [-0.4, -0.2) is 5.91 Å². The highest BCUT2D eigenvalue weighted by atomic mass is 16.5. The van der Waals surface area contributed by atoms with E-state index in [1.165, 1.54) is 0 Å². The smallest absolute Gasteiger partial charge is 0.255 e. The van der Waals surface area contributed by atoms with Crippen LogP contribution in [0, 0.1) is 0 Å². The van der Waals surface area contributed by atoms with Gasteiger partial charge in [-0.05, 0) is 66.2 Å². The van der Waals surface area contributed by atoms with Crippen molar-refractivity contribution in [3.8, 4) is 5.75 Å². The van der Waals surface area contributed by atoms with Crippen LogP contribution in [0.1, 0.15) is 15.9 Å². The molecule has 0 unspecified atom stereocenters. The van der Waals surface area contributed by atoms with Gasteiger partial charge < -0.3 is 15.4 Å². The standard InChI is InChI=1S/C26H22N2O2/c29-26(21-11-17-25(18-12-21)30-19-20-7-3-1-4-8-20)28-24-15-13-23(14-16-24)27-22-9-5-2-6-10-22/h1-18,27H,19H2,(H,28,29). The molecule has 0 saturated carbocycles. The molecular weight excluding hydrogens is 372 g/mol. The highest BCUT2D eigenvalue weighted by Crippen LogP contribution is 2.20. The summed E-state index contributed by atoms with van der Waals surface area (Å²) < 4.78 is 5.77. The molecule has 0 aliphatic carbocycles. The Bertz CT molecular complexity index is 1080. The summed E-state index contributed by atoms with van der Waals surface area (Å²) in [5.74, 6) is 0.570. The third kappa shape index (κ3) is 5.26. The first kappa shape index (κ1) is 19.3. The minimum atomic E-state index is -0.159. The maximum Gasteiger partial charge on any atom is 0.255 e. The minimum Gasteiger partial charge on any atom is -0.489 e. The van der Waals surface area contributed by atoms with Gasteiger partial charge in [0.25, 0.3) is 5.91 Å². The van der Waals surface area contributed by atoms with Crippen LogP contribution in [0.4, 0.5) is 17.1 Å². The summed E-state index contributed by atoms with van der Waals surface area (Å²) in [7, 11) is 0. The van der Waals surface area contributed by atoms with Crippen LogP contribution in [-0.2, 0) is 6.61 Å². The molecule has 0 heterocycles. The number of rotatable bonds is 7. The lowest BCUT2D eigenvalue weighted by molar-refractivity contribution is 0.102. The third-order valence-corrected chi connectivity index (χ3v) is 4.57. The first-order valence-corrected chi connectivity index (χ1v) is 9.76. The molecule has 0 aliphatic rings. The predicted molar refractivity (Wildman–Crippen MR) is 121 cm³/mol. The molecule has 4 rings (SSSR count). The van der Waals surface area contributed by atoms with Gasteiger partial charge in [-0.15, -0.1) is 0 Å². The molecule has 148 valence electrons. The number of hydrogen-bond acceptors (Lipinski definition) is 3. The van der Waals surface area contributed by atoms with Gasteiger partial charge in [-0.3, -0.25) is 4.79 Å². The van der Waals surface area contributed by atoms with Crippen LogP contribution in [0.2, 0.25) is 0 Å². The molecule has 4 aromatic carbocycles. The second kappa shape index (κ2) is 9.43. The van der Waals surface area contributed by atoms with E-state index < -0.39 is 0 Å². The Labute approximate surface area is 176 Å². The molecule has 2 N–H and O–H groups in total. The fraction of sp³-hybridized carbons (Fsp3) is 0.0385. The highest BCUT2D eigenvalue weighted by molar-refractivity contribution is 6.04. The first-order chi connectivity index (χ1) is 14.8. The molecule has 4 heteroatoms. The molecule has 0 aromatic heterocycles. The average molecular weight is 394 g/mol. The van der Waals surface area contributed by atoms with Gasteiger partial charge in [-0.1, -0.05) is 48.5 Å². The number of para-hydroxylation sites is 1. The van der Waals surface area contributed by atoms with Crippen LogP contribution in [0.15, 0.2) is 109 Å². The zero-order valence-corrected chi connectivity index (χ0v) is 16.4. The van der Waals surface area contributed by atoms with Crippen molar-refractivity contribution in [3.63, 3.8) is 0 Å². The molecule has 0 bridgehead atoms. The Morgan fingerprint density at radius 1 is 0.633 bits per heavy atom. The number of carbonyl (C=O) groups excluding carboxylic acids is 1. The molecule has 0 radical (unpaired) electrons. The van der Waals surface area contributed by atoms with E-state index in [4.69, 9.17) is 4.74 Å². The number of amides is 1. The molecule has 0 saturated heterocycles. The number of carbonyl (C=O) groups is 1. The number of anilines is 3. The van der Waals surface area contributed by atoms with Crippen LogP contribution in [0.3, 0.4) is 0 Å². The number of benzene rings is 4. The Morgan fingerprint density at radius 2 is 1.20 bits per heavy atom. The summed E-state index contributed by atoms with van der Waals surface area (Å²) >= 11 is 0. The van der Waals surface area contributed by atoms with Crippen molar-refractivity contribution in [1.29, 1.82) is 0 Å². The molecule has 1 amide bonds. The predicted octanol–water partition coefficient (Wildman–Crippen LogP) is 6.26. The van der Waals surface area contributed by atoms with E-state index in [1.54, 1.807) is 12.1 Å². The summed E-state index contributed by atoms with van der Waals surface area (Å²) in [4.78, 5) is 12.5. The summed E-state index contributed by atoms with van der Waals surface area (Å²) in [6.07, 6.45) is 0. The van der Waals surface area contributed by atoms with Gasteiger partial charge in [-0.2, -0.15) is 0 Å². The van der Waals surface area contributed by atoms with Crippen molar-refractivity contribution in [3.05, 3.63) is 120 Å². The van der Waals surface area contributed by atoms with Crippen molar-refractivity contribution in [2.75, 3.05) is 10.6 Å². The van der Waals surface area contributed by atoms with Gasteiger partial charge in [0.2, 0.25) is 0 Å². The Balaban J connectivity index is 1.32. The van der Waals surface area contributed by atoms with E-state index in [2.05, 4.69) is 10.6 Å². The maximum absolute atomic E-state index is 12.5. The summed E-state index contributed by atoms with van der Waals surface area (Å²) in [6, 6.07) is 34.7. The van der Waals surface area contributed by atoms with Gasteiger partial charge in [0.1, 0.15) is 12.4 Å². The summed E-state index contributed by atoms with van der Waals surface area (Å²) in [6.45, 7) is 0.496. The lowest BCUT2D eigenvalue weighted by Crippen LogP contribution is -2.11. The van der Waals surface area contributed by atoms with Gasteiger partial charge in [0.15, 0.2) is 0 Å². The lowest BCUT2D eigenvalue weighted by atomic mass is 10.2. The highest BCUT2D eigenvalue weighted by Gasteiger charge is 2.07. The molecule has 0 aliphatic heterocycles. The van der Waals surface area contributed by atoms with Crippen molar-refractivity contribution in [2.24, 2.45) is 0 Å². The van der Waals surface area contributed by atoms with Gasteiger partial charge in [0.05, 0.1) is 0 Å². The molecule has 4 aromatic rings. The molecule has 30 heavy (non-hydrogen) atoms. The monoisotopic (exact) mass is 394 g/mol. The second-order valence-electron chi connectivity index (χ2n) is 6.82. The first-order valence-electron chi connectivity index (χ1n) is 9.76. The Morgan fingerprint density at radius 3 is 1.87 bits per heavy atom. The topological polar surface area (TPSA) is 50.4 Å². The van der Waals surface area contributed by atoms with Gasteiger partial charge in [-0.25, -0.2) is 0 Å². The van der Waals surface area contributed by atoms with Crippen LogP contribution < -0.4 is 15.4 Å². The molecule has 0 fully saturated rings. The fourth-order valence-electron chi connectivity index (χ4n) is 2.97. The minimum absolute atomic E-state index is 0.159. The summed E-state index contributed by atoms with van der Waals surface area (Å²) in [5, 5.41) is 6.24. The number of nitrogens with one attached hydrogen (secondary N) is 2. The molecule has 0 atom stereocenters. The van der Waals surface area contributed by atoms with Crippen molar-refractivity contribution < 1.29 is 9.53 Å². The zero-order valence-electron chi connectivity index (χ0n) is 16.4. The molecule has 0 spiro atoms. The number of ether oxygens (including phenoxy) is 1. The van der Waals surface area contributed by atoms with E-state index >= 15 is 0 Å². The van der Waals surface area contributed by atoms with E-state index in [1.807, 2.05) is 97.1 Å². The van der Waals surface area contributed by atoms with Gasteiger partial charge >= 0.3 is 0 Å². The Hall–Kier alpha value is -4.05. The Kier molecular flexibility index (Phi) is 6.06. The largest absolute Gasteiger partial charge is 0.489 e. The van der Waals surface area contributed by atoms with E-state index in [0.717, 1.165) is 28.4 Å². The van der Waals surface area contributed by atoms with E-state index in [-0.39, 0.29) is 5.91 Å². The lowest BCUT2D eigenvalue weighted by Gasteiger charge is -2.10. The van der Waals surface area contributed by atoms with Crippen LogP contribution >= 0.6 is 0 Å². The summed E-state index contributed by atoms with van der Waals surface area (Å²) in [5.41, 5.74) is 4.39. The second-order valence-corrected chi connectivity index (χ2v) is 6.82. The zero-order chi connectivity index (χ0) is 20.6. The van der Waals surface area contributed by atoms with Crippen LogP contribution in [0.25, 0.3) is 0 Å². The molecule has 4 nitrogen and oxygen atoms in total. The van der Waals surface area contributed by atoms with Crippen molar-refractivity contribution >= 4 is 23.0 Å². The molecular formula is C26H22N2O2. The number of hydrogen-bond donors (Lipinski definition) is 2. The van der Waals surface area contributed by atoms with E-state index in [9.17, 15) is 4.79 Å². The third-order valence-electron chi connectivity index (χ3n) is 4.57. The average Bonchev–Trinajstić information content (AvgIpc) is 2.81. The SMILES string of the molecule is O=C(Nc1ccc(Nc2ccccc2)cc1)c1ccc(OCc2ccccc2)cc1. The maximum atomic E-state index is 12.5. The normalized spacial score (nSPS) is 10.3. The van der Waals surface area contributed by atoms with Crippen molar-refractivity contribution in [1.82, 2.24) is 0 Å². The van der Waals surface area contributed by atoms with Crippen molar-refractivity contribution in [2.45, 2.75) is 6.61 Å². The van der Waals surface area contributed by atoms with E-state index in [0.29, 0.717) is 12.2 Å². The van der Waals surface area contributed by atoms with Crippen LogP contribution in [0.5, 0.6) is 5.75 Å². The fourth-order valence-corrected chi connectivity index (χ4v) is 2.97.